The summed E-state index contributed by atoms with van der Waals surface area (Å²) in [5.41, 5.74) is -4.84. The molecule has 2 aromatic heterocycles. The molecule has 4 aliphatic rings. The molecule has 1 N–H and O–H groups in total. The van der Waals surface area contributed by atoms with Crippen molar-refractivity contribution < 1.29 is 106 Å². The van der Waals surface area contributed by atoms with Crippen LogP contribution < -0.4 is 55.0 Å². The molecule has 10 rings (SSSR count). The summed E-state index contributed by atoms with van der Waals surface area (Å²) in [5.74, 6) is -9.72. The summed E-state index contributed by atoms with van der Waals surface area (Å²) in [4.78, 5) is 134. The minimum absolute atomic E-state index is 0. The standard InChI is InChI=1S/2C31H28ClFN2O8.Na/c2*1-34-16-31(12-17(13-31)15-42-2)35-14-21(23(36)10-9-18-5-4-8-22(32)24(18)33)26(37)27(25(35)28(34)38)43-30(41)20-7-3-6-19(11-20)29(39)40;/h2*3-8,11,14,17H,9-10,12-13,15-16H2,1-2H3,(H,39,40);/q;;+1/p-1. The minimum atomic E-state index is -1.52. The maximum absolute atomic E-state index is 14.5. The van der Waals surface area contributed by atoms with Crippen LogP contribution in [-0.4, -0.2) is 126 Å². The molecule has 20 nitrogen and oxygen atoms in total. The molecule has 448 valence electrons. The third kappa shape index (κ3) is 13.1. The number of halogens is 4. The van der Waals surface area contributed by atoms with Gasteiger partial charge in [-0.3, -0.25) is 28.8 Å². The molecule has 4 heterocycles. The number of amides is 2. The van der Waals surface area contributed by atoms with Gasteiger partial charge in [0.25, 0.3) is 11.8 Å². The molecule has 2 saturated carbocycles. The van der Waals surface area contributed by atoms with Gasteiger partial charge in [-0.25, -0.2) is 23.2 Å². The van der Waals surface area contributed by atoms with Gasteiger partial charge in [-0.05, 0) is 110 Å². The third-order valence-corrected chi connectivity index (χ3v) is 16.6. The molecule has 2 amide bonds. The van der Waals surface area contributed by atoms with E-state index in [2.05, 4.69) is 0 Å². The van der Waals surface area contributed by atoms with Crippen LogP contribution >= 0.6 is 23.2 Å². The number of nitrogens with zero attached hydrogens (tertiary/aromatic N) is 4. The fourth-order valence-electron chi connectivity index (χ4n) is 12.0. The first kappa shape index (κ1) is 65.3. The summed E-state index contributed by atoms with van der Waals surface area (Å²) in [6, 6.07) is 18.7. The smallest absolute Gasteiger partial charge is 0.545 e. The van der Waals surface area contributed by atoms with E-state index in [4.69, 9.17) is 42.1 Å². The number of aryl methyl sites for hydroxylation is 2. The van der Waals surface area contributed by atoms with E-state index in [1.807, 2.05) is 0 Å². The fourth-order valence-corrected chi connectivity index (χ4v) is 12.3. The molecular weight excluding hydrogens is 1190 g/mol. The summed E-state index contributed by atoms with van der Waals surface area (Å²) in [6.07, 6.45) is 4.32. The summed E-state index contributed by atoms with van der Waals surface area (Å²) < 4.78 is 53.7. The Morgan fingerprint density at radius 3 is 1.34 bits per heavy atom. The molecule has 0 radical (unpaired) electrons. The van der Waals surface area contributed by atoms with Crippen molar-refractivity contribution in [2.75, 3.05) is 54.6 Å². The van der Waals surface area contributed by atoms with Gasteiger partial charge in [0, 0.05) is 79.9 Å². The predicted molar refractivity (Wildman–Crippen MR) is 303 cm³/mol. The number of ether oxygens (including phenoxy) is 4. The van der Waals surface area contributed by atoms with Gasteiger partial charge in [-0.15, -0.1) is 0 Å². The molecule has 2 spiro atoms. The largest absolute Gasteiger partial charge is 1.00 e. The Morgan fingerprint density at radius 1 is 0.598 bits per heavy atom. The summed E-state index contributed by atoms with van der Waals surface area (Å²) in [7, 11) is 6.30. The van der Waals surface area contributed by atoms with Crippen LogP contribution in [0.2, 0.25) is 10.0 Å². The summed E-state index contributed by atoms with van der Waals surface area (Å²) >= 11 is 11.7. The zero-order chi connectivity index (χ0) is 62.1. The van der Waals surface area contributed by atoms with E-state index >= 15 is 0 Å². The van der Waals surface area contributed by atoms with Crippen molar-refractivity contribution in [3.63, 3.8) is 0 Å². The monoisotopic (exact) mass is 1240 g/mol. The number of fused-ring (bicyclic) bond motifs is 4. The van der Waals surface area contributed by atoms with Gasteiger partial charge >= 0.3 is 47.5 Å². The summed E-state index contributed by atoms with van der Waals surface area (Å²) in [5, 5.41) is 20.5. The number of Topliss-reactive ketones (excluding diaryl/α,β-unsaturated/α-hetero) is 2. The molecule has 25 heteroatoms. The van der Waals surface area contributed by atoms with Crippen LogP contribution in [0.5, 0.6) is 11.5 Å². The van der Waals surface area contributed by atoms with Gasteiger partial charge in [0.15, 0.2) is 23.0 Å². The average Bonchev–Trinajstić information content (AvgIpc) is 0.735. The number of aromatic carboxylic acids is 2. The molecule has 0 unspecified atom stereocenters. The number of carbonyl (C=O) groups excluding carboxylic acids is 7. The SMILES string of the molecule is COCC1CC2(C1)CN(C)C(=O)c1c(OC(=O)c3cccc(C(=O)O)c3)c(=O)c(C(=O)CCc3cccc(Cl)c3F)cn12.COCC1CC2(C1)CN(C)C(=O)c1c(OC(=O)c3cccc(C(=O)[O-])c3)c(=O)c(C(=O)CCc3cccc(Cl)c3F)cn12.[Na+]. The molecule has 4 aromatic carbocycles. The zero-order valence-corrected chi connectivity index (χ0v) is 51.3. The van der Waals surface area contributed by atoms with Gasteiger partial charge in [-0.1, -0.05) is 65.7 Å². The van der Waals surface area contributed by atoms with E-state index in [0.717, 1.165) is 12.1 Å². The van der Waals surface area contributed by atoms with E-state index in [9.17, 15) is 66.9 Å². The fraction of sp³-hybridized carbons (Fsp3) is 0.323. The van der Waals surface area contributed by atoms with Crippen molar-refractivity contribution in [1.82, 2.24) is 18.9 Å². The van der Waals surface area contributed by atoms with E-state index < -0.39 is 92.3 Å². The number of hydrogen-bond donors (Lipinski definition) is 1. The van der Waals surface area contributed by atoms with E-state index in [0.29, 0.717) is 38.9 Å². The van der Waals surface area contributed by atoms with Crippen molar-refractivity contribution in [2.24, 2.45) is 11.8 Å². The van der Waals surface area contributed by atoms with E-state index in [1.54, 1.807) is 49.6 Å². The number of pyridine rings is 2. The van der Waals surface area contributed by atoms with Gasteiger partial charge in [0.2, 0.25) is 22.4 Å². The first-order chi connectivity index (χ1) is 40.9. The normalized spacial score (nSPS) is 18.9. The number of carboxylic acid groups (broad SMARTS) is 2. The Bertz CT molecular complexity index is 3680. The van der Waals surface area contributed by atoms with Gasteiger partial charge in [0.05, 0.1) is 54.9 Å². The zero-order valence-electron chi connectivity index (χ0n) is 47.7. The number of aromatic nitrogens is 2. The first-order valence-electron chi connectivity index (χ1n) is 27.0. The Kier molecular flexibility index (Phi) is 20.1. The Hall–Kier alpha value is -7.70. The number of carboxylic acids is 2. The molecule has 2 aliphatic carbocycles. The maximum atomic E-state index is 14.5. The van der Waals surface area contributed by atoms with Crippen LogP contribution in [0.3, 0.4) is 0 Å². The van der Waals surface area contributed by atoms with E-state index in [-0.39, 0.29) is 146 Å². The molecule has 2 fully saturated rings. The van der Waals surface area contributed by atoms with Crippen LogP contribution in [0.15, 0.2) is 107 Å². The first-order valence-corrected chi connectivity index (χ1v) is 27.8. The Labute approximate surface area is 527 Å². The third-order valence-electron chi connectivity index (χ3n) is 16.0. The number of methoxy groups -OCH3 is 2. The second-order valence-electron chi connectivity index (χ2n) is 21.9. The van der Waals surface area contributed by atoms with Crippen molar-refractivity contribution in [1.29, 1.82) is 0 Å². The van der Waals surface area contributed by atoms with Gasteiger partial charge in [0.1, 0.15) is 11.6 Å². The topological polar surface area (TPSA) is 267 Å². The van der Waals surface area contributed by atoms with Crippen LogP contribution in [0.4, 0.5) is 8.78 Å². The maximum Gasteiger partial charge on any atom is 1.00 e. The van der Waals surface area contributed by atoms with Crippen molar-refractivity contribution in [2.45, 2.75) is 62.4 Å². The number of likely N-dealkylation sites (N-methyl/N-ethyl adjacent to an activating group) is 2. The molecule has 0 saturated heterocycles. The number of ketones is 2. The van der Waals surface area contributed by atoms with E-state index in [1.165, 1.54) is 82.9 Å². The summed E-state index contributed by atoms with van der Waals surface area (Å²) in [6.45, 7) is 1.53. The predicted octanol–water partition coefficient (Wildman–Crippen LogP) is 4.09. The number of rotatable bonds is 18. The van der Waals surface area contributed by atoms with Crippen LogP contribution in [0, 0.1) is 23.5 Å². The number of benzene rings is 4. The second-order valence-corrected chi connectivity index (χ2v) is 22.7. The quantitative estimate of drug-likeness (QED) is 0.0721. The van der Waals surface area contributed by atoms with Gasteiger partial charge < -0.3 is 52.9 Å². The molecule has 87 heavy (non-hydrogen) atoms. The van der Waals surface area contributed by atoms with Crippen molar-refractivity contribution in [3.8, 4) is 11.5 Å². The van der Waals surface area contributed by atoms with Crippen molar-refractivity contribution >= 4 is 70.5 Å². The van der Waals surface area contributed by atoms with Crippen LogP contribution in [0.25, 0.3) is 0 Å². The van der Waals surface area contributed by atoms with Crippen LogP contribution in [0.1, 0.15) is 133 Å². The minimum Gasteiger partial charge on any atom is -0.545 e. The molecule has 0 bridgehead atoms. The van der Waals surface area contributed by atoms with Crippen molar-refractivity contribution in [3.05, 3.63) is 195 Å². The molecule has 2 aliphatic heterocycles. The van der Waals surface area contributed by atoms with Crippen LogP contribution in [-0.2, 0) is 33.4 Å². The molecule has 6 aromatic rings. The number of hydrogen-bond acceptors (Lipinski definition) is 15. The van der Waals surface area contributed by atoms with Gasteiger partial charge in [-0.2, -0.15) is 0 Å². The molecule has 0 atom stereocenters. The number of esters is 2. The second kappa shape index (κ2) is 26.7. The molecular formula is C62H55Cl2F2N4NaO16. The number of carbonyl (C=O) groups is 8. The average molecular weight is 1240 g/mol. The Balaban J connectivity index is 0.000000223. The Morgan fingerprint density at radius 2 is 0.966 bits per heavy atom.